The number of rotatable bonds is 4. The number of hydrogen-bond donors (Lipinski definition) is 1. The van der Waals surface area contributed by atoms with E-state index in [1.165, 1.54) is 12.1 Å². The van der Waals surface area contributed by atoms with E-state index in [1.807, 2.05) is 31.2 Å². The largest absolute Gasteiger partial charge is 0.497 e. The Morgan fingerprint density at radius 2 is 1.80 bits per heavy atom. The third-order valence-corrected chi connectivity index (χ3v) is 3.56. The number of benzene rings is 2. The lowest BCUT2D eigenvalue weighted by molar-refractivity contribution is 0.414. The summed E-state index contributed by atoms with van der Waals surface area (Å²) >= 11 is 12.0. The summed E-state index contributed by atoms with van der Waals surface area (Å²) in [6.45, 7) is 1.96. The van der Waals surface area contributed by atoms with Gasteiger partial charge < -0.3 is 10.1 Å². The molecule has 20 heavy (non-hydrogen) atoms. The van der Waals surface area contributed by atoms with Crippen LogP contribution in [0.3, 0.4) is 0 Å². The van der Waals surface area contributed by atoms with Crippen LogP contribution in [0, 0.1) is 5.82 Å². The van der Waals surface area contributed by atoms with Crippen LogP contribution in [0.15, 0.2) is 36.4 Å². The maximum absolute atomic E-state index is 13.2. The summed E-state index contributed by atoms with van der Waals surface area (Å²) in [7, 11) is 1.62. The minimum absolute atomic E-state index is 0.0504. The van der Waals surface area contributed by atoms with Crippen molar-refractivity contribution in [3.8, 4) is 5.75 Å². The molecule has 0 amide bonds. The summed E-state index contributed by atoms with van der Waals surface area (Å²) in [5.41, 5.74) is 1.53. The summed E-state index contributed by atoms with van der Waals surface area (Å²) in [5.74, 6) is 0.312. The van der Waals surface area contributed by atoms with E-state index >= 15 is 0 Å². The molecule has 0 aliphatic carbocycles. The highest BCUT2D eigenvalue weighted by molar-refractivity contribution is 6.39. The van der Waals surface area contributed by atoms with Crippen LogP contribution in [-0.4, -0.2) is 7.11 Å². The molecular formula is C15H14Cl2FNO. The average Bonchev–Trinajstić information content (AvgIpc) is 2.42. The van der Waals surface area contributed by atoms with Crippen LogP contribution in [0.25, 0.3) is 0 Å². The second-order valence-electron chi connectivity index (χ2n) is 4.39. The zero-order valence-corrected chi connectivity index (χ0v) is 12.6. The molecule has 0 saturated heterocycles. The van der Waals surface area contributed by atoms with E-state index in [1.54, 1.807) is 7.11 Å². The Kier molecular flexibility index (Phi) is 4.73. The van der Waals surface area contributed by atoms with Crippen LogP contribution in [0.5, 0.6) is 5.75 Å². The minimum Gasteiger partial charge on any atom is -0.497 e. The van der Waals surface area contributed by atoms with Gasteiger partial charge in [-0.3, -0.25) is 0 Å². The number of nitrogens with one attached hydrogen (secondary N) is 1. The Morgan fingerprint density at radius 1 is 1.15 bits per heavy atom. The summed E-state index contributed by atoms with van der Waals surface area (Å²) in [5, 5.41) is 3.70. The predicted molar refractivity (Wildman–Crippen MR) is 81.5 cm³/mol. The highest BCUT2D eigenvalue weighted by Gasteiger charge is 2.13. The van der Waals surface area contributed by atoms with Gasteiger partial charge in [-0.1, -0.05) is 35.3 Å². The minimum atomic E-state index is -0.459. The number of anilines is 1. The fourth-order valence-corrected chi connectivity index (χ4v) is 2.46. The normalized spacial score (nSPS) is 12.1. The monoisotopic (exact) mass is 313 g/mol. The topological polar surface area (TPSA) is 21.3 Å². The highest BCUT2D eigenvalue weighted by atomic mass is 35.5. The van der Waals surface area contributed by atoms with Gasteiger partial charge in [0.25, 0.3) is 0 Å². The van der Waals surface area contributed by atoms with Crippen molar-refractivity contribution in [2.75, 3.05) is 12.4 Å². The van der Waals surface area contributed by atoms with Gasteiger partial charge >= 0.3 is 0 Å². The molecule has 2 aromatic carbocycles. The smallest absolute Gasteiger partial charge is 0.126 e. The zero-order chi connectivity index (χ0) is 14.7. The number of halogens is 3. The van der Waals surface area contributed by atoms with Crippen LogP contribution in [-0.2, 0) is 0 Å². The van der Waals surface area contributed by atoms with Crippen molar-refractivity contribution in [3.05, 3.63) is 57.8 Å². The number of ether oxygens (including phenoxy) is 1. The maximum Gasteiger partial charge on any atom is 0.126 e. The molecule has 1 N–H and O–H groups in total. The maximum atomic E-state index is 13.2. The van der Waals surface area contributed by atoms with Crippen molar-refractivity contribution >= 4 is 28.9 Å². The summed E-state index contributed by atoms with van der Waals surface area (Å²) in [4.78, 5) is 0. The Balaban J connectivity index is 2.25. The molecule has 0 bridgehead atoms. The Hall–Kier alpha value is -1.45. The molecule has 1 unspecified atom stereocenters. The highest BCUT2D eigenvalue weighted by Crippen LogP contribution is 2.34. The lowest BCUT2D eigenvalue weighted by Gasteiger charge is -2.18. The van der Waals surface area contributed by atoms with Gasteiger partial charge in [-0.15, -0.1) is 0 Å². The first kappa shape index (κ1) is 14.9. The molecule has 0 aromatic heterocycles. The molecule has 2 aromatic rings. The first-order valence-electron chi connectivity index (χ1n) is 6.06. The molecular weight excluding hydrogens is 300 g/mol. The zero-order valence-electron chi connectivity index (χ0n) is 11.1. The number of hydrogen-bond acceptors (Lipinski definition) is 2. The molecule has 5 heteroatoms. The van der Waals surface area contributed by atoms with Gasteiger partial charge in [0.1, 0.15) is 11.6 Å². The van der Waals surface area contributed by atoms with Crippen LogP contribution >= 0.6 is 23.2 Å². The van der Waals surface area contributed by atoms with E-state index < -0.39 is 5.82 Å². The SMILES string of the molecule is COc1cccc(C(C)Nc2c(Cl)cc(F)cc2Cl)c1. The van der Waals surface area contributed by atoms with Gasteiger partial charge in [-0.2, -0.15) is 0 Å². The summed E-state index contributed by atoms with van der Waals surface area (Å²) < 4.78 is 18.3. The molecule has 0 heterocycles. The molecule has 0 spiro atoms. The fourth-order valence-electron chi connectivity index (χ4n) is 1.89. The molecule has 2 nitrogen and oxygen atoms in total. The van der Waals surface area contributed by atoms with E-state index in [4.69, 9.17) is 27.9 Å². The van der Waals surface area contributed by atoms with Gasteiger partial charge in [-0.25, -0.2) is 4.39 Å². The average molecular weight is 314 g/mol. The van der Waals surface area contributed by atoms with Gasteiger partial charge in [0, 0.05) is 6.04 Å². The molecule has 2 rings (SSSR count). The second-order valence-corrected chi connectivity index (χ2v) is 5.20. The lowest BCUT2D eigenvalue weighted by Crippen LogP contribution is -2.07. The predicted octanol–water partition coefficient (Wildman–Crippen LogP) is 5.31. The molecule has 106 valence electrons. The van der Waals surface area contributed by atoms with Gasteiger partial charge in [0.2, 0.25) is 0 Å². The van der Waals surface area contributed by atoms with E-state index in [-0.39, 0.29) is 16.1 Å². The summed E-state index contributed by atoms with van der Waals surface area (Å²) in [6, 6.07) is 10.1. The van der Waals surface area contributed by atoms with Crippen molar-refractivity contribution in [1.29, 1.82) is 0 Å². The molecule has 0 radical (unpaired) electrons. The van der Waals surface area contributed by atoms with Gasteiger partial charge in [0.05, 0.1) is 22.8 Å². The number of methoxy groups -OCH3 is 1. The Labute approximate surface area is 127 Å². The van der Waals surface area contributed by atoms with Crippen LogP contribution < -0.4 is 10.1 Å². The van der Waals surface area contributed by atoms with Crippen molar-refractivity contribution in [2.24, 2.45) is 0 Å². The Morgan fingerprint density at radius 3 is 2.40 bits per heavy atom. The fraction of sp³-hybridized carbons (Fsp3) is 0.200. The quantitative estimate of drug-likeness (QED) is 0.825. The first-order valence-corrected chi connectivity index (χ1v) is 6.82. The molecule has 1 atom stereocenters. The molecule has 0 fully saturated rings. The second kappa shape index (κ2) is 6.33. The lowest BCUT2D eigenvalue weighted by atomic mass is 10.1. The van der Waals surface area contributed by atoms with Crippen LogP contribution in [0.4, 0.5) is 10.1 Å². The van der Waals surface area contributed by atoms with Crippen LogP contribution in [0.2, 0.25) is 10.0 Å². The van der Waals surface area contributed by atoms with Crippen molar-refractivity contribution in [1.82, 2.24) is 0 Å². The molecule has 0 aliphatic heterocycles. The van der Waals surface area contributed by atoms with E-state index in [0.29, 0.717) is 5.69 Å². The van der Waals surface area contributed by atoms with Gasteiger partial charge in [0.15, 0.2) is 0 Å². The third-order valence-electron chi connectivity index (χ3n) is 2.96. The van der Waals surface area contributed by atoms with Crippen molar-refractivity contribution in [3.63, 3.8) is 0 Å². The standard InChI is InChI=1S/C15H14Cl2FNO/c1-9(10-4-3-5-12(6-10)20-2)19-15-13(16)7-11(18)8-14(15)17/h3-9,19H,1-2H3. The van der Waals surface area contributed by atoms with Crippen molar-refractivity contribution < 1.29 is 9.13 Å². The third kappa shape index (κ3) is 3.35. The van der Waals surface area contributed by atoms with E-state index in [9.17, 15) is 4.39 Å². The molecule has 0 saturated carbocycles. The molecule has 0 aliphatic rings. The Bertz CT molecular complexity index is 596. The first-order chi connectivity index (χ1) is 9.51. The van der Waals surface area contributed by atoms with Gasteiger partial charge in [-0.05, 0) is 36.8 Å². The summed E-state index contributed by atoms with van der Waals surface area (Å²) in [6.07, 6.45) is 0. The van der Waals surface area contributed by atoms with E-state index in [0.717, 1.165) is 11.3 Å². The van der Waals surface area contributed by atoms with E-state index in [2.05, 4.69) is 5.32 Å². The van der Waals surface area contributed by atoms with Crippen LogP contribution in [0.1, 0.15) is 18.5 Å². The van der Waals surface area contributed by atoms with Crippen molar-refractivity contribution in [2.45, 2.75) is 13.0 Å².